The van der Waals surface area contributed by atoms with Gasteiger partial charge in [-0.3, -0.25) is 0 Å². The average molecular weight is 749 g/mol. The lowest BCUT2D eigenvalue weighted by Gasteiger charge is -2.27. The van der Waals surface area contributed by atoms with Crippen molar-refractivity contribution in [1.29, 1.82) is 0 Å². The Morgan fingerprint density at radius 1 is 0.367 bits per heavy atom. The minimum Gasteiger partial charge on any atom is -0.413 e. The molecule has 0 aromatic heterocycles. The highest BCUT2D eigenvalue weighted by atomic mass is 31.2. The van der Waals surface area contributed by atoms with E-state index in [1.54, 1.807) is 0 Å². The molecule has 49 heavy (non-hydrogen) atoms. The van der Waals surface area contributed by atoms with Gasteiger partial charge < -0.3 is 28.0 Å². The molecule has 6 nitrogen and oxygen atoms in total. The van der Waals surface area contributed by atoms with E-state index in [0.29, 0.717) is 0 Å². The van der Waals surface area contributed by atoms with Crippen LogP contribution in [0.15, 0.2) is 91.0 Å². The summed E-state index contributed by atoms with van der Waals surface area (Å²) in [7, 11) is -6.82. The predicted octanol–water partition coefficient (Wildman–Crippen LogP) is 11.8. The van der Waals surface area contributed by atoms with Crippen LogP contribution in [0, 0.1) is 0 Å². The summed E-state index contributed by atoms with van der Waals surface area (Å²) < 4.78 is 18.6. The quantitative estimate of drug-likeness (QED) is 0.0887. The van der Waals surface area contributed by atoms with Crippen molar-refractivity contribution in [2.45, 2.75) is 137 Å². The fourth-order valence-electron chi connectivity index (χ4n) is 5.60. The highest BCUT2D eigenvalue weighted by molar-refractivity contribution is 7.38. The molecule has 10 heteroatoms. The Morgan fingerprint density at radius 3 is 0.673 bits per heavy atom. The second-order valence-electron chi connectivity index (χ2n) is 12.3. The summed E-state index contributed by atoms with van der Waals surface area (Å²) >= 11 is 0. The van der Waals surface area contributed by atoms with Crippen molar-refractivity contribution in [2.75, 3.05) is 0 Å². The Kier molecular flexibility index (Phi) is 27.3. The summed E-state index contributed by atoms with van der Waals surface area (Å²) in [6, 6.07) is 42.5. The van der Waals surface area contributed by atoms with E-state index in [1.807, 2.05) is 18.2 Å². The van der Waals surface area contributed by atoms with Crippen LogP contribution in [0.25, 0.3) is 0 Å². The van der Waals surface area contributed by atoms with E-state index in [4.69, 9.17) is 28.0 Å². The molecule has 0 aliphatic carbocycles. The third-order valence-corrected chi connectivity index (χ3v) is 23.8. The predicted molar refractivity (Wildman–Crippen MR) is 219 cm³/mol. The maximum Gasteiger partial charge on any atom is 0.324 e. The van der Waals surface area contributed by atoms with Gasteiger partial charge in [-0.25, -0.2) is 0 Å². The molecule has 0 saturated carbocycles. The third-order valence-electron chi connectivity index (χ3n) is 9.96. The molecule has 0 bridgehead atoms. The topological polar surface area (TPSA) is 88.4 Å². The van der Waals surface area contributed by atoms with Crippen LogP contribution in [-0.2, 0) is 33.1 Å². The van der Waals surface area contributed by atoms with Gasteiger partial charge in [0.2, 0.25) is 0 Å². The molecule has 0 aliphatic heterocycles. The first-order valence-electron chi connectivity index (χ1n) is 18.4. The van der Waals surface area contributed by atoms with E-state index in [-0.39, 0.29) is 0 Å². The van der Waals surface area contributed by atoms with E-state index in [1.165, 1.54) is 71.1 Å². The number of hydrogen-bond donors (Lipinski definition) is 3. The number of benzene rings is 3. The number of rotatable bonds is 18. The minimum absolute atomic E-state index is 0.794. The van der Waals surface area contributed by atoms with Gasteiger partial charge in [0, 0.05) is 0 Å². The van der Waals surface area contributed by atoms with Crippen LogP contribution >= 0.6 is 8.60 Å². The minimum atomic E-state index is -2.62. The summed E-state index contributed by atoms with van der Waals surface area (Å²) in [5.41, 5.74) is 3.89. The average Bonchev–Trinajstić information content (AvgIpc) is 3.16. The Balaban J connectivity index is 0.000000667. The Labute approximate surface area is 304 Å². The van der Waals surface area contributed by atoms with Gasteiger partial charge in [0.15, 0.2) is 25.0 Å². The van der Waals surface area contributed by atoms with Crippen LogP contribution in [0.1, 0.15) is 79.0 Å². The first kappa shape index (κ1) is 47.5. The van der Waals surface area contributed by atoms with E-state index in [0.717, 1.165) is 19.8 Å². The summed E-state index contributed by atoms with van der Waals surface area (Å²) in [6.07, 6.45) is 0. The molecular weight excluding hydrogens is 680 g/mol. The fourth-order valence-corrected chi connectivity index (χ4v) is 13.4. The molecule has 3 aromatic rings. The largest absolute Gasteiger partial charge is 0.413 e. The van der Waals surface area contributed by atoms with Gasteiger partial charge in [0.1, 0.15) is 0 Å². The first-order valence-corrected chi connectivity index (χ1v) is 27.2. The first-order chi connectivity index (χ1) is 23.5. The Hall–Kier alpha value is -1.50. The number of hydrogen-bond acceptors (Lipinski definition) is 6. The van der Waals surface area contributed by atoms with Gasteiger partial charge in [-0.05, 0) is 71.1 Å². The molecule has 0 spiro atoms. The zero-order valence-corrected chi connectivity index (χ0v) is 36.1. The van der Waals surface area contributed by atoms with E-state index >= 15 is 0 Å². The molecule has 0 fully saturated rings. The zero-order chi connectivity index (χ0) is 37.0. The molecular formula is C39H69O6PSi3. The second-order valence-corrected chi connectivity index (χ2v) is 27.2. The maximum atomic E-state index is 7.23. The van der Waals surface area contributed by atoms with E-state index < -0.39 is 33.6 Å². The zero-order valence-electron chi connectivity index (χ0n) is 32.2. The summed E-state index contributed by atoms with van der Waals surface area (Å²) in [6.45, 7) is 22.8. The monoisotopic (exact) mass is 748 g/mol. The molecule has 3 N–H and O–H groups in total. The van der Waals surface area contributed by atoms with E-state index in [9.17, 15) is 0 Å². The molecule has 0 atom stereocenters. The molecule has 0 amide bonds. The van der Waals surface area contributed by atoms with Crippen LogP contribution in [0.3, 0.4) is 0 Å². The lowest BCUT2D eigenvalue weighted by atomic mass is 10.2. The maximum absolute atomic E-state index is 7.23. The van der Waals surface area contributed by atoms with Crippen molar-refractivity contribution < 1.29 is 28.0 Å². The van der Waals surface area contributed by atoms with Gasteiger partial charge in [0.05, 0.1) is 19.8 Å². The van der Waals surface area contributed by atoms with Crippen molar-refractivity contribution >= 4 is 33.6 Å². The van der Waals surface area contributed by atoms with Crippen molar-refractivity contribution in [3.8, 4) is 0 Å². The summed E-state index contributed by atoms with van der Waals surface area (Å²) in [5, 5.41) is 0. The Bertz CT molecular complexity index is 978. The Morgan fingerprint density at radius 2 is 0.531 bits per heavy atom. The van der Waals surface area contributed by atoms with Crippen LogP contribution in [0.5, 0.6) is 0 Å². The van der Waals surface area contributed by atoms with Crippen molar-refractivity contribution in [1.82, 2.24) is 0 Å². The molecule has 0 heterocycles. The molecule has 278 valence electrons. The van der Waals surface area contributed by atoms with Gasteiger partial charge in [-0.15, -0.1) is 0 Å². The smallest absolute Gasteiger partial charge is 0.324 e. The molecule has 0 unspecified atom stereocenters. The lowest BCUT2D eigenvalue weighted by Crippen LogP contribution is -2.35. The molecule has 3 aromatic carbocycles. The third kappa shape index (κ3) is 20.2. The van der Waals surface area contributed by atoms with Crippen LogP contribution < -0.4 is 0 Å². The lowest BCUT2D eigenvalue weighted by molar-refractivity contribution is 0.287. The summed E-state index contributed by atoms with van der Waals surface area (Å²) in [4.78, 5) is 21.7. The van der Waals surface area contributed by atoms with Gasteiger partial charge >= 0.3 is 8.60 Å². The molecule has 3 rings (SSSR count). The highest BCUT2D eigenvalue weighted by Crippen LogP contribution is 2.25. The van der Waals surface area contributed by atoms with Gasteiger partial charge in [0.25, 0.3) is 0 Å². The fraction of sp³-hybridized carbons (Fsp3) is 0.538. The van der Waals surface area contributed by atoms with E-state index in [2.05, 4.69) is 135 Å². The SMILES string of the molecule is CC[Si](CC)(CC)OCc1ccccc1.CC[Si](CC)(CC)OCc1ccccc1.CC[Si](CC)(CC)OCc1ccccc1.OP(O)O. The van der Waals surface area contributed by atoms with Crippen LogP contribution in [0.2, 0.25) is 54.4 Å². The van der Waals surface area contributed by atoms with Crippen molar-refractivity contribution in [3.63, 3.8) is 0 Å². The van der Waals surface area contributed by atoms with Gasteiger partial charge in [-0.2, -0.15) is 0 Å². The molecule has 0 radical (unpaired) electrons. The van der Waals surface area contributed by atoms with Crippen molar-refractivity contribution in [2.24, 2.45) is 0 Å². The van der Waals surface area contributed by atoms with Crippen LogP contribution in [0.4, 0.5) is 0 Å². The van der Waals surface area contributed by atoms with Crippen LogP contribution in [-0.4, -0.2) is 39.6 Å². The van der Waals surface area contributed by atoms with Gasteiger partial charge in [-0.1, -0.05) is 153 Å². The summed E-state index contributed by atoms with van der Waals surface area (Å²) in [5.74, 6) is 0. The molecule has 0 saturated heterocycles. The second kappa shape index (κ2) is 28.1. The van der Waals surface area contributed by atoms with Crippen molar-refractivity contribution in [3.05, 3.63) is 108 Å². The normalized spacial score (nSPS) is 11.4. The standard InChI is InChI=1S/3C13H22OSi.H3O3P/c3*1-4-15(5-2,6-3)14-12-13-10-8-7-9-11-13;1-4(2)3/h3*7-11H,4-6,12H2,1-3H3;1-3H. The highest BCUT2D eigenvalue weighted by Gasteiger charge is 2.30. The molecule has 0 aliphatic rings.